The Balaban J connectivity index is 1.33. The minimum Gasteiger partial charge on any atom is -0.309 e. The highest BCUT2D eigenvalue weighted by molar-refractivity contribution is 8.04. The number of nitrogens with zero attached hydrogens (tertiary/aromatic N) is 3. The number of allylic oxidation sites excluding steroid dienone is 1. The molecule has 0 aliphatic carbocycles. The van der Waals surface area contributed by atoms with Gasteiger partial charge in [0.2, 0.25) is 0 Å². The molecule has 228 valence electrons. The van der Waals surface area contributed by atoms with Crippen LogP contribution >= 0.6 is 11.8 Å². The molecular formula is C43H35N3S. The van der Waals surface area contributed by atoms with Crippen molar-refractivity contribution in [3.8, 4) is 16.8 Å². The Morgan fingerprint density at radius 1 is 0.681 bits per heavy atom. The Morgan fingerprint density at radius 2 is 1.32 bits per heavy atom. The van der Waals surface area contributed by atoms with Gasteiger partial charge in [-0.3, -0.25) is 9.98 Å². The van der Waals surface area contributed by atoms with Crippen molar-refractivity contribution in [1.82, 2.24) is 4.57 Å². The lowest BCUT2D eigenvalue weighted by molar-refractivity contribution is 1.07. The molecule has 0 saturated carbocycles. The molecule has 7 rings (SSSR count). The average molecular weight is 626 g/mol. The predicted octanol–water partition coefficient (Wildman–Crippen LogP) is 11.6. The van der Waals surface area contributed by atoms with E-state index in [9.17, 15) is 0 Å². The number of aryl methyl sites for hydroxylation is 1. The number of fused-ring (bicyclic) bond motifs is 3. The van der Waals surface area contributed by atoms with E-state index in [1.54, 1.807) is 11.8 Å². The molecule has 0 bridgehead atoms. The number of para-hydroxylation sites is 2. The van der Waals surface area contributed by atoms with Crippen LogP contribution in [0.1, 0.15) is 23.6 Å². The minimum absolute atomic E-state index is 0.595. The van der Waals surface area contributed by atoms with Crippen molar-refractivity contribution < 1.29 is 0 Å². The highest BCUT2D eigenvalue weighted by atomic mass is 32.2. The first-order chi connectivity index (χ1) is 23.1. The predicted molar refractivity (Wildman–Crippen MR) is 203 cm³/mol. The van der Waals surface area contributed by atoms with E-state index in [0.717, 1.165) is 43.6 Å². The highest BCUT2D eigenvalue weighted by Gasteiger charge is 2.17. The van der Waals surface area contributed by atoms with Crippen LogP contribution in [-0.2, 0) is 6.54 Å². The van der Waals surface area contributed by atoms with Gasteiger partial charge in [0.15, 0.2) is 0 Å². The van der Waals surface area contributed by atoms with E-state index in [4.69, 9.17) is 4.99 Å². The SMILES string of the molecule is C=N/C(=C(/Sc1ccccc1-c1cccc(-n2c3ccccc3c3ccccc32)c1)C(C)=NCc1ccccc1)c1ccc(C)cc1. The number of hydrogen-bond acceptors (Lipinski definition) is 3. The van der Waals surface area contributed by atoms with Gasteiger partial charge in [-0.1, -0.05) is 139 Å². The van der Waals surface area contributed by atoms with Crippen LogP contribution in [0.3, 0.4) is 0 Å². The fourth-order valence-electron chi connectivity index (χ4n) is 6.08. The molecule has 0 N–H and O–H groups in total. The molecule has 1 heterocycles. The van der Waals surface area contributed by atoms with E-state index in [-0.39, 0.29) is 0 Å². The number of thioether (sulfide) groups is 1. The molecule has 0 unspecified atom stereocenters. The van der Waals surface area contributed by atoms with Crippen molar-refractivity contribution in [1.29, 1.82) is 0 Å². The second-order valence-corrected chi connectivity index (χ2v) is 12.7. The zero-order chi connectivity index (χ0) is 32.2. The Morgan fingerprint density at radius 3 is 2.02 bits per heavy atom. The zero-order valence-electron chi connectivity index (χ0n) is 26.6. The van der Waals surface area contributed by atoms with Crippen LogP contribution < -0.4 is 0 Å². The van der Waals surface area contributed by atoms with Crippen molar-refractivity contribution >= 4 is 51.7 Å². The summed E-state index contributed by atoms with van der Waals surface area (Å²) in [7, 11) is 0. The summed E-state index contributed by atoms with van der Waals surface area (Å²) in [6.45, 7) is 8.79. The van der Waals surface area contributed by atoms with E-state index in [1.807, 2.05) is 6.07 Å². The van der Waals surface area contributed by atoms with E-state index in [1.165, 1.54) is 32.9 Å². The maximum absolute atomic E-state index is 5.06. The van der Waals surface area contributed by atoms with E-state index < -0.39 is 0 Å². The van der Waals surface area contributed by atoms with Crippen molar-refractivity contribution in [3.05, 3.63) is 173 Å². The molecule has 7 aromatic rings. The number of aromatic nitrogens is 1. The van der Waals surface area contributed by atoms with Crippen molar-refractivity contribution in [3.63, 3.8) is 0 Å². The Kier molecular flexibility index (Phi) is 8.68. The fraction of sp³-hybridized carbons (Fsp3) is 0.0698. The summed E-state index contributed by atoms with van der Waals surface area (Å²) >= 11 is 1.70. The fourth-order valence-corrected chi connectivity index (χ4v) is 7.24. The molecule has 1 aromatic heterocycles. The summed E-state index contributed by atoms with van der Waals surface area (Å²) in [5, 5.41) is 2.51. The third-order valence-electron chi connectivity index (χ3n) is 8.46. The van der Waals surface area contributed by atoms with Gasteiger partial charge in [-0.25, -0.2) is 0 Å². The first-order valence-corrected chi connectivity index (χ1v) is 16.6. The average Bonchev–Trinajstić information content (AvgIpc) is 3.46. The molecule has 0 spiro atoms. The highest BCUT2D eigenvalue weighted by Crippen LogP contribution is 2.41. The van der Waals surface area contributed by atoms with Crippen LogP contribution in [0.15, 0.2) is 171 Å². The number of benzene rings is 6. The summed E-state index contributed by atoms with van der Waals surface area (Å²) in [6, 6.07) is 53.6. The molecule has 0 aliphatic rings. The van der Waals surface area contributed by atoms with Gasteiger partial charge in [0, 0.05) is 32.6 Å². The van der Waals surface area contributed by atoms with Gasteiger partial charge in [0.05, 0.1) is 28.2 Å². The van der Waals surface area contributed by atoms with E-state index >= 15 is 0 Å². The first-order valence-electron chi connectivity index (χ1n) is 15.8. The number of aliphatic imine (C=N–C) groups is 2. The van der Waals surface area contributed by atoms with Crippen LogP contribution in [0, 0.1) is 6.92 Å². The second kappa shape index (κ2) is 13.5. The molecular weight excluding hydrogens is 591 g/mol. The summed E-state index contributed by atoms with van der Waals surface area (Å²) in [4.78, 5) is 11.8. The maximum Gasteiger partial charge on any atom is 0.0852 e. The molecule has 0 fully saturated rings. The summed E-state index contributed by atoms with van der Waals surface area (Å²) in [6.07, 6.45) is 0. The Labute approximate surface area is 280 Å². The van der Waals surface area contributed by atoms with Crippen LogP contribution in [-0.4, -0.2) is 17.0 Å². The molecule has 3 nitrogen and oxygen atoms in total. The molecule has 0 saturated heterocycles. The Hall–Kier alpha value is -5.45. The normalized spacial score (nSPS) is 12.3. The van der Waals surface area contributed by atoms with E-state index in [0.29, 0.717) is 6.54 Å². The quantitative estimate of drug-likeness (QED) is 0.116. The third kappa shape index (κ3) is 6.20. The van der Waals surface area contributed by atoms with Gasteiger partial charge in [-0.05, 0) is 67.6 Å². The minimum atomic E-state index is 0.595. The monoisotopic (exact) mass is 625 g/mol. The zero-order valence-corrected chi connectivity index (χ0v) is 27.4. The van der Waals surface area contributed by atoms with E-state index in [2.05, 4.69) is 176 Å². The van der Waals surface area contributed by atoms with Gasteiger partial charge in [-0.2, -0.15) is 0 Å². The molecule has 4 heteroatoms. The lowest BCUT2D eigenvalue weighted by Gasteiger charge is -2.16. The molecule has 47 heavy (non-hydrogen) atoms. The Bertz CT molecular complexity index is 2220. The second-order valence-electron chi connectivity index (χ2n) is 11.6. The van der Waals surface area contributed by atoms with Crippen molar-refractivity contribution in [2.45, 2.75) is 25.3 Å². The smallest absolute Gasteiger partial charge is 0.0852 e. The summed E-state index contributed by atoms with van der Waals surface area (Å²) in [5.41, 5.74) is 11.0. The van der Waals surface area contributed by atoms with Gasteiger partial charge >= 0.3 is 0 Å². The first kappa shape index (κ1) is 30.2. The topological polar surface area (TPSA) is 29.6 Å². The van der Waals surface area contributed by atoms with Crippen LogP contribution in [0.25, 0.3) is 44.3 Å². The molecule has 6 aromatic carbocycles. The van der Waals surface area contributed by atoms with Gasteiger partial charge < -0.3 is 4.57 Å². The van der Waals surface area contributed by atoms with Gasteiger partial charge in [0.25, 0.3) is 0 Å². The number of hydrogen-bond donors (Lipinski definition) is 0. The lowest BCUT2D eigenvalue weighted by atomic mass is 10.0. The van der Waals surface area contributed by atoms with Crippen LogP contribution in [0.5, 0.6) is 0 Å². The molecule has 0 aliphatic heterocycles. The van der Waals surface area contributed by atoms with Crippen molar-refractivity contribution in [2.24, 2.45) is 9.98 Å². The molecule has 0 radical (unpaired) electrons. The standard InChI is InChI=1S/C43H35N3S/c1-30-24-26-33(27-25-30)42(44-3)43(31(2)45-29-32-14-5-4-6-15-32)47-41-23-12-9-18-36(41)34-16-13-17-35(28-34)46-39-21-10-7-19-37(39)38-20-8-11-22-40(38)46/h4-28H,3,29H2,1-2H3/b43-42+,45-31?. The van der Waals surface area contributed by atoms with Crippen LogP contribution in [0.4, 0.5) is 0 Å². The van der Waals surface area contributed by atoms with Gasteiger partial charge in [-0.15, -0.1) is 0 Å². The summed E-state index contributed by atoms with van der Waals surface area (Å²) in [5.74, 6) is 0. The molecule has 0 amide bonds. The van der Waals surface area contributed by atoms with Crippen molar-refractivity contribution in [2.75, 3.05) is 0 Å². The number of rotatable bonds is 9. The largest absolute Gasteiger partial charge is 0.309 e. The van der Waals surface area contributed by atoms with Gasteiger partial charge in [0.1, 0.15) is 0 Å². The maximum atomic E-state index is 5.06. The third-order valence-corrected chi connectivity index (χ3v) is 9.73. The summed E-state index contributed by atoms with van der Waals surface area (Å²) < 4.78 is 2.37. The van der Waals surface area contributed by atoms with Crippen LogP contribution in [0.2, 0.25) is 0 Å². The molecule has 0 atom stereocenters. The lowest BCUT2D eigenvalue weighted by Crippen LogP contribution is -2.00.